The molecule has 0 saturated heterocycles. The van der Waals surface area contributed by atoms with Crippen molar-refractivity contribution in [1.82, 2.24) is 0 Å². The Kier molecular flexibility index (Phi) is 2.91. The largest absolute Gasteiger partial charge is 0.392 e. The summed E-state index contributed by atoms with van der Waals surface area (Å²) >= 11 is 5.27. The van der Waals surface area contributed by atoms with E-state index < -0.39 is 0 Å². The fourth-order valence-electron chi connectivity index (χ4n) is 1.62. The Morgan fingerprint density at radius 1 is 1.43 bits per heavy atom. The molecule has 3 heteroatoms. The van der Waals surface area contributed by atoms with Gasteiger partial charge in [-0.15, -0.1) is 11.3 Å². The molecule has 0 atom stereocenters. The molecule has 1 heterocycles. The van der Waals surface area contributed by atoms with Crippen molar-refractivity contribution in [3.05, 3.63) is 34.2 Å². The van der Waals surface area contributed by atoms with Gasteiger partial charge < -0.3 is 5.11 Å². The van der Waals surface area contributed by atoms with Crippen molar-refractivity contribution in [2.45, 2.75) is 18.9 Å². The smallest absolute Gasteiger partial charge is 0.0685 e. The fraction of sp³-hybridized carbons (Fsp3) is 0.273. The van der Waals surface area contributed by atoms with Crippen LogP contribution in [0.2, 0.25) is 0 Å². The predicted molar refractivity (Wildman–Crippen MR) is 65.1 cm³/mol. The molecule has 1 aromatic heterocycles. The normalized spacial score (nSPS) is 11.1. The highest BCUT2D eigenvalue weighted by molar-refractivity contribution is 9.08. The van der Waals surface area contributed by atoms with Crippen LogP contribution in [0.3, 0.4) is 0 Å². The predicted octanol–water partition coefficient (Wildman–Crippen LogP) is 3.60. The first kappa shape index (κ1) is 10.1. The zero-order valence-electron chi connectivity index (χ0n) is 7.88. The molecule has 0 spiro atoms. The van der Waals surface area contributed by atoms with Gasteiger partial charge in [0.05, 0.1) is 6.61 Å². The number of halogens is 1. The number of alkyl halides is 1. The summed E-state index contributed by atoms with van der Waals surface area (Å²) in [5.41, 5.74) is 2.25. The maximum atomic E-state index is 9.20. The zero-order valence-corrected chi connectivity index (χ0v) is 10.3. The van der Waals surface area contributed by atoms with E-state index in [1.165, 1.54) is 20.5 Å². The molecule has 1 aromatic carbocycles. The molecule has 0 saturated carbocycles. The van der Waals surface area contributed by atoms with Gasteiger partial charge in [-0.05, 0) is 29.5 Å². The van der Waals surface area contributed by atoms with Crippen molar-refractivity contribution < 1.29 is 5.11 Å². The Bertz CT molecular complexity index is 462. The molecule has 74 valence electrons. The molecule has 2 aromatic rings. The van der Waals surface area contributed by atoms with Gasteiger partial charge >= 0.3 is 0 Å². The van der Waals surface area contributed by atoms with Gasteiger partial charge in [-0.3, -0.25) is 0 Å². The highest BCUT2D eigenvalue weighted by Crippen LogP contribution is 2.31. The second-order valence-corrected chi connectivity index (χ2v) is 5.09. The van der Waals surface area contributed by atoms with Gasteiger partial charge in [0.2, 0.25) is 0 Å². The molecule has 0 aliphatic carbocycles. The number of hydrogen-bond acceptors (Lipinski definition) is 2. The van der Waals surface area contributed by atoms with Crippen molar-refractivity contribution in [2.24, 2.45) is 0 Å². The zero-order chi connectivity index (χ0) is 10.1. The van der Waals surface area contributed by atoms with Crippen LogP contribution in [0.4, 0.5) is 0 Å². The van der Waals surface area contributed by atoms with E-state index in [9.17, 15) is 5.11 Å². The summed E-state index contributed by atoms with van der Waals surface area (Å²) < 4.78 is 1.30. The highest BCUT2D eigenvalue weighted by atomic mass is 79.9. The quantitative estimate of drug-likeness (QED) is 0.827. The lowest BCUT2D eigenvalue weighted by Crippen LogP contribution is -1.90. The minimum atomic E-state index is 0.119. The van der Waals surface area contributed by atoms with E-state index in [-0.39, 0.29) is 6.61 Å². The number of aryl methyl sites for hydroxylation is 1. The minimum absolute atomic E-state index is 0.119. The van der Waals surface area contributed by atoms with Crippen LogP contribution in [0.1, 0.15) is 16.0 Å². The standard InChI is InChI=1S/C11H11BrOS/c1-7-4-8-2-3-9(6-13)10(5-12)11(8)14-7/h2-4,13H,5-6H2,1H3. The molecule has 0 aliphatic rings. The number of aliphatic hydroxyl groups excluding tert-OH is 1. The summed E-state index contributed by atoms with van der Waals surface area (Å²) in [5.74, 6) is 0. The highest BCUT2D eigenvalue weighted by Gasteiger charge is 2.08. The first-order valence-electron chi connectivity index (χ1n) is 4.44. The third-order valence-electron chi connectivity index (χ3n) is 2.31. The van der Waals surface area contributed by atoms with Crippen LogP contribution >= 0.6 is 27.3 Å². The summed E-state index contributed by atoms with van der Waals surface area (Å²) in [7, 11) is 0. The molecule has 0 amide bonds. The molecule has 0 unspecified atom stereocenters. The molecule has 1 nitrogen and oxygen atoms in total. The lowest BCUT2D eigenvalue weighted by atomic mass is 10.1. The molecule has 0 fully saturated rings. The molecule has 14 heavy (non-hydrogen) atoms. The maximum absolute atomic E-state index is 9.20. The Morgan fingerprint density at radius 3 is 2.86 bits per heavy atom. The SMILES string of the molecule is Cc1cc2ccc(CO)c(CBr)c2s1. The third kappa shape index (κ3) is 1.60. The van der Waals surface area contributed by atoms with Gasteiger partial charge in [0.1, 0.15) is 0 Å². The van der Waals surface area contributed by atoms with E-state index in [0.29, 0.717) is 0 Å². The first-order chi connectivity index (χ1) is 6.76. The van der Waals surface area contributed by atoms with Crippen LogP contribution in [-0.4, -0.2) is 5.11 Å². The van der Waals surface area contributed by atoms with Gasteiger partial charge in [-0.25, -0.2) is 0 Å². The number of hydrogen-bond donors (Lipinski definition) is 1. The van der Waals surface area contributed by atoms with Crippen LogP contribution in [0, 0.1) is 6.92 Å². The molecule has 0 bridgehead atoms. The monoisotopic (exact) mass is 270 g/mol. The van der Waals surface area contributed by atoms with Crippen LogP contribution in [0.25, 0.3) is 10.1 Å². The average Bonchev–Trinajstić information content (AvgIpc) is 2.56. The summed E-state index contributed by atoms with van der Waals surface area (Å²) in [6, 6.07) is 6.27. The van der Waals surface area contributed by atoms with Crippen LogP contribution in [0.15, 0.2) is 18.2 Å². The van der Waals surface area contributed by atoms with Crippen LogP contribution in [-0.2, 0) is 11.9 Å². The fourth-order valence-corrected chi connectivity index (χ4v) is 3.53. The van der Waals surface area contributed by atoms with Crippen molar-refractivity contribution in [3.63, 3.8) is 0 Å². The van der Waals surface area contributed by atoms with Gasteiger partial charge in [0.15, 0.2) is 0 Å². The summed E-state index contributed by atoms with van der Waals surface area (Å²) in [4.78, 5) is 1.32. The second kappa shape index (κ2) is 4.01. The Hall–Kier alpha value is -0.380. The summed E-state index contributed by atoms with van der Waals surface area (Å²) in [5, 5.41) is 11.3. The Balaban J connectivity index is 2.75. The van der Waals surface area contributed by atoms with Crippen molar-refractivity contribution >= 4 is 37.4 Å². The average molecular weight is 271 g/mol. The Labute approximate surface area is 95.5 Å². The second-order valence-electron chi connectivity index (χ2n) is 3.27. The van der Waals surface area contributed by atoms with Crippen LogP contribution < -0.4 is 0 Å². The third-order valence-corrected chi connectivity index (χ3v) is 4.00. The van der Waals surface area contributed by atoms with Crippen LogP contribution in [0.5, 0.6) is 0 Å². The van der Waals surface area contributed by atoms with Crippen molar-refractivity contribution in [3.8, 4) is 0 Å². The number of thiophene rings is 1. The van der Waals surface area contributed by atoms with Gasteiger partial charge in [0, 0.05) is 14.9 Å². The summed E-state index contributed by atoms with van der Waals surface area (Å²) in [6.07, 6.45) is 0. The van der Waals surface area contributed by atoms with Crippen molar-refractivity contribution in [2.75, 3.05) is 0 Å². The molecular formula is C11H11BrOS. The van der Waals surface area contributed by atoms with Gasteiger partial charge in [-0.2, -0.15) is 0 Å². The number of rotatable bonds is 2. The minimum Gasteiger partial charge on any atom is -0.392 e. The Morgan fingerprint density at radius 2 is 2.21 bits per heavy atom. The number of fused-ring (bicyclic) bond motifs is 1. The molecule has 0 aliphatic heterocycles. The van der Waals surface area contributed by atoms with E-state index in [4.69, 9.17) is 0 Å². The van der Waals surface area contributed by atoms with Gasteiger partial charge in [-0.1, -0.05) is 28.1 Å². The molecule has 0 radical (unpaired) electrons. The van der Waals surface area contributed by atoms with Gasteiger partial charge in [0.25, 0.3) is 0 Å². The van der Waals surface area contributed by atoms with E-state index in [1.54, 1.807) is 11.3 Å². The van der Waals surface area contributed by atoms with E-state index in [1.807, 2.05) is 6.07 Å². The number of benzene rings is 1. The van der Waals surface area contributed by atoms with Crippen molar-refractivity contribution in [1.29, 1.82) is 0 Å². The number of aliphatic hydroxyl groups is 1. The van der Waals surface area contributed by atoms with E-state index >= 15 is 0 Å². The van der Waals surface area contributed by atoms with E-state index in [2.05, 4.69) is 35.0 Å². The lowest BCUT2D eigenvalue weighted by Gasteiger charge is -2.04. The topological polar surface area (TPSA) is 20.2 Å². The first-order valence-corrected chi connectivity index (χ1v) is 6.37. The lowest BCUT2D eigenvalue weighted by molar-refractivity contribution is 0.281. The molecular weight excluding hydrogens is 260 g/mol. The molecule has 1 N–H and O–H groups in total. The maximum Gasteiger partial charge on any atom is 0.0685 e. The summed E-state index contributed by atoms with van der Waals surface area (Å²) in [6.45, 7) is 2.23. The van der Waals surface area contributed by atoms with E-state index in [0.717, 1.165) is 10.9 Å². The molecule has 2 rings (SSSR count).